The second-order valence-electron chi connectivity index (χ2n) is 25.7. The molecule has 84 heavy (non-hydrogen) atoms. The Balaban J connectivity index is 3.38. The molecule has 0 rings (SSSR count). The number of hydrogen-bond acceptors (Lipinski definition) is 5. The van der Waals surface area contributed by atoms with Crippen molar-refractivity contribution in [3.63, 3.8) is 0 Å². The Kier molecular flexibility index (Phi) is 72.7. The predicted octanol–water partition coefficient (Wildman–Crippen LogP) is 26.4. The quantitative estimate of drug-likeness (QED) is 0.0373. The van der Waals surface area contributed by atoms with E-state index in [4.69, 9.17) is 9.47 Å². The topological polar surface area (TPSA) is 72.8 Å². The van der Waals surface area contributed by atoms with Crippen LogP contribution in [0.3, 0.4) is 0 Å². The summed E-state index contributed by atoms with van der Waals surface area (Å²) in [4.78, 5) is 24.7. The molecule has 0 bridgehead atoms. The number of hydrogen-bond donors (Lipinski definition) is 1. The Labute approximate surface area is 525 Å². The van der Waals surface area contributed by atoms with Crippen LogP contribution in [0, 0.1) is 0 Å². The molecule has 0 saturated carbocycles. The van der Waals surface area contributed by atoms with Gasteiger partial charge in [0.25, 0.3) is 0 Å². The molecule has 0 aromatic heterocycles. The van der Waals surface area contributed by atoms with Crippen LogP contribution in [0.4, 0.5) is 0 Å². The zero-order valence-electron chi connectivity index (χ0n) is 56.7. The molecule has 1 unspecified atom stereocenters. The lowest BCUT2D eigenvalue weighted by Crippen LogP contribution is -2.28. The zero-order valence-corrected chi connectivity index (χ0v) is 56.7. The van der Waals surface area contributed by atoms with Crippen LogP contribution in [0.5, 0.6) is 0 Å². The average molecular weight is 1180 g/mol. The molecular formula is C79H146O5. The van der Waals surface area contributed by atoms with Crippen LogP contribution >= 0.6 is 0 Å². The van der Waals surface area contributed by atoms with E-state index in [2.05, 4.69) is 74.6 Å². The molecule has 0 aliphatic rings. The molecule has 0 fully saturated rings. The van der Waals surface area contributed by atoms with Gasteiger partial charge in [-0.25, -0.2) is 0 Å². The van der Waals surface area contributed by atoms with Crippen molar-refractivity contribution in [3.05, 3.63) is 60.8 Å². The molecule has 0 aromatic rings. The normalized spacial score (nSPS) is 12.5. The summed E-state index contributed by atoms with van der Waals surface area (Å²) in [5.41, 5.74) is 0. The molecule has 0 aliphatic heterocycles. The number of carbonyl (C=O) groups is 2. The van der Waals surface area contributed by atoms with E-state index >= 15 is 0 Å². The number of aliphatic hydroxyl groups excluding tert-OH is 1. The lowest BCUT2D eigenvalue weighted by molar-refractivity contribution is -0.161. The number of ether oxygens (including phenoxy) is 2. The Bertz CT molecular complexity index is 1430. The molecule has 492 valence electrons. The van der Waals surface area contributed by atoms with Crippen LogP contribution in [0.25, 0.3) is 0 Å². The number of rotatable bonds is 71. The first-order chi connectivity index (χ1) is 41.6. The van der Waals surface area contributed by atoms with E-state index in [0.717, 1.165) is 57.8 Å². The minimum atomic E-state index is -0.773. The van der Waals surface area contributed by atoms with Gasteiger partial charge in [0.05, 0.1) is 6.61 Å². The monoisotopic (exact) mass is 1180 g/mol. The Hall–Kier alpha value is -2.40. The van der Waals surface area contributed by atoms with Gasteiger partial charge >= 0.3 is 11.9 Å². The maximum Gasteiger partial charge on any atom is 0.306 e. The molecule has 0 aromatic carbocycles. The zero-order chi connectivity index (χ0) is 60.5. The van der Waals surface area contributed by atoms with Gasteiger partial charge in [-0.3, -0.25) is 9.59 Å². The van der Waals surface area contributed by atoms with Gasteiger partial charge < -0.3 is 14.6 Å². The fourth-order valence-corrected chi connectivity index (χ4v) is 11.6. The third kappa shape index (κ3) is 72.1. The van der Waals surface area contributed by atoms with Crippen molar-refractivity contribution < 1.29 is 24.2 Å². The van der Waals surface area contributed by atoms with Crippen LogP contribution in [0.2, 0.25) is 0 Å². The lowest BCUT2D eigenvalue weighted by atomic mass is 10.0. The number of allylic oxidation sites excluding steroid dienone is 10. The highest BCUT2D eigenvalue weighted by atomic mass is 16.6. The Morgan fingerprint density at radius 3 is 0.714 bits per heavy atom. The Morgan fingerprint density at radius 2 is 0.476 bits per heavy atom. The van der Waals surface area contributed by atoms with Crippen molar-refractivity contribution in [2.24, 2.45) is 0 Å². The first-order valence-corrected chi connectivity index (χ1v) is 37.8. The maximum atomic E-state index is 12.4. The number of aliphatic hydroxyl groups is 1. The summed E-state index contributed by atoms with van der Waals surface area (Å²) >= 11 is 0. The summed E-state index contributed by atoms with van der Waals surface area (Å²) < 4.78 is 10.8. The standard InChI is InChI=1S/C79H146O5/c1-3-5-7-9-11-13-15-17-19-21-23-25-27-29-31-33-35-36-37-38-39-40-41-42-44-45-47-49-51-53-55-57-59-61-63-65-67-69-71-73-78(81)83-76-77(75-80)84-79(82)74-72-70-68-66-64-62-60-58-56-54-52-50-48-46-43-34-32-30-28-26-24-22-20-18-16-14-12-10-8-6-4-2/h15-18,21-24,28,30,77,80H,3-14,19-20,25-27,29,31-76H2,1-2H3/b17-15-,18-16-,23-21-,24-22-,30-28-. The molecule has 5 nitrogen and oxygen atoms in total. The Morgan fingerprint density at radius 1 is 0.274 bits per heavy atom. The molecule has 1 N–H and O–H groups in total. The van der Waals surface area contributed by atoms with E-state index in [0.29, 0.717) is 12.8 Å². The van der Waals surface area contributed by atoms with E-state index in [9.17, 15) is 14.7 Å². The summed E-state index contributed by atoms with van der Waals surface area (Å²) in [5, 5.41) is 9.72. The fraction of sp³-hybridized carbons (Fsp3) is 0.848. The van der Waals surface area contributed by atoms with Gasteiger partial charge in [0, 0.05) is 12.8 Å². The first-order valence-electron chi connectivity index (χ1n) is 37.8. The van der Waals surface area contributed by atoms with Crippen molar-refractivity contribution in [1.82, 2.24) is 0 Å². The van der Waals surface area contributed by atoms with E-state index in [1.807, 2.05) is 0 Å². The number of unbranched alkanes of at least 4 members (excludes halogenated alkanes) is 53. The van der Waals surface area contributed by atoms with Gasteiger partial charge in [-0.05, 0) is 83.5 Å². The highest BCUT2D eigenvalue weighted by molar-refractivity contribution is 5.70. The molecule has 0 radical (unpaired) electrons. The van der Waals surface area contributed by atoms with Crippen molar-refractivity contribution in [3.8, 4) is 0 Å². The molecule has 0 aliphatic carbocycles. The SMILES string of the molecule is CCCCCCC/C=C\C/C=C\C/C=C\CCCCCCCCCCCCCCCCCCC(=O)OC(CO)COC(=O)CCCCCCCCCCCCCCCCCCCCCCCCCCCCC/C=C\C/C=C\CCCCCCC. The third-order valence-electron chi connectivity index (χ3n) is 17.3. The molecule has 0 heterocycles. The number of esters is 2. The second-order valence-corrected chi connectivity index (χ2v) is 25.7. The van der Waals surface area contributed by atoms with Gasteiger partial charge in [-0.1, -0.05) is 376 Å². The minimum absolute atomic E-state index is 0.0611. The van der Waals surface area contributed by atoms with Gasteiger partial charge in [0.15, 0.2) is 6.10 Å². The highest BCUT2D eigenvalue weighted by Crippen LogP contribution is 2.19. The van der Waals surface area contributed by atoms with Crippen molar-refractivity contribution >= 4 is 11.9 Å². The van der Waals surface area contributed by atoms with E-state index < -0.39 is 6.10 Å². The smallest absolute Gasteiger partial charge is 0.306 e. The number of carbonyl (C=O) groups excluding carboxylic acids is 2. The first kappa shape index (κ1) is 81.6. The molecule has 5 heteroatoms. The van der Waals surface area contributed by atoms with Gasteiger partial charge in [-0.15, -0.1) is 0 Å². The fourth-order valence-electron chi connectivity index (χ4n) is 11.6. The van der Waals surface area contributed by atoms with E-state index in [1.165, 1.54) is 327 Å². The molecular weight excluding hydrogens is 1030 g/mol. The van der Waals surface area contributed by atoms with E-state index in [-0.39, 0.29) is 25.2 Å². The predicted molar refractivity (Wildman–Crippen MR) is 371 cm³/mol. The van der Waals surface area contributed by atoms with Gasteiger partial charge in [-0.2, -0.15) is 0 Å². The van der Waals surface area contributed by atoms with Crippen LogP contribution in [-0.4, -0.2) is 36.4 Å². The molecule has 0 amide bonds. The minimum Gasteiger partial charge on any atom is -0.462 e. The maximum absolute atomic E-state index is 12.4. The molecule has 1 atom stereocenters. The van der Waals surface area contributed by atoms with Gasteiger partial charge in [0.1, 0.15) is 6.61 Å². The average Bonchev–Trinajstić information content (AvgIpc) is 3.51. The summed E-state index contributed by atoms with van der Waals surface area (Å²) in [5.74, 6) is -0.568. The summed E-state index contributed by atoms with van der Waals surface area (Å²) in [6, 6.07) is 0. The molecule has 0 spiro atoms. The van der Waals surface area contributed by atoms with Crippen molar-refractivity contribution in [2.75, 3.05) is 13.2 Å². The van der Waals surface area contributed by atoms with Crippen LogP contribution in [-0.2, 0) is 19.1 Å². The lowest BCUT2D eigenvalue weighted by Gasteiger charge is -2.15. The molecule has 0 saturated heterocycles. The summed E-state index contributed by atoms with van der Waals surface area (Å²) in [7, 11) is 0. The largest absolute Gasteiger partial charge is 0.462 e. The van der Waals surface area contributed by atoms with Crippen molar-refractivity contribution in [2.45, 2.75) is 418 Å². The van der Waals surface area contributed by atoms with Gasteiger partial charge in [0.2, 0.25) is 0 Å². The third-order valence-corrected chi connectivity index (χ3v) is 17.3. The highest BCUT2D eigenvalue weighted by Gasteiger charge is 2.16. The van der Waals surface area contributed by atoms with Crippen LogP contribution < -0.4 is 0 Å². The summed E-state index contributed by atoms with van der Waals surface area (Å²) in [6.07, 6.45) is 103. The van der Waals surface area contributed by atoms with E-state index in [1.54, 1.807) is 0 Å². The second kappa shape index (κ2) is 74.9. The summed E-state index contributed by atoms with van der Waals surface area (Å²) in [6.45, 7) is 4.17. The van der Waals surface area contributed by atoms with Crippen LogP contribution in [0.15, 0.2) is 60.8 Å². The van der Waals surface area contributed by atoms with Crippen LogP contribution in [0.1, 0.15) is 412 Å². The van der Waals surface area contributed by atoms with Crippen molar-refractivity contribution in [1.29, 1.82) is 0 Å².